The van der Waals surface area contributed by atoms with E-state index in [9.17, 15) is 19.2 Å². The maximum atomic E-state index is 12.2. The second kappa shape index (κ2) is 9.59. The third-order valence-corrected chi connectivity index (χ3v) is 3.22. The van der Waals surface area contributed by atoms with Crippen molar-refractivity contribution in [2.75, 3.05) is 0 Å². The third-order valence-electron chi connectivity index (χ3n) is 3.22. The number of carbonyl (C=O) groups excluding carboxylic acids is 4. The van der Waals surface area contributed by atoms with E-state index in [1.807, 2.05) is 27.7 Å². The predicted molar refractivity (Wildman–Crippen MR) is 82.0 cm³/mol. The molecule has 0 spiro atoms. The Morgan fingerprint density at radius 3 is 1.81 bits per heavy atom. The monoisotopic (exact) mass is 296 g/mol. The fourth-order valence-electron chi connectivity index (χ4n) is 2.20. The molecule has 21 heavy (non-hydrogen) atoms. The van der Waals surface area contributed by atoms with Gasteiger partial charge in [-0.15, -0.1) is 0 Å². The van der Waals surface area contributed by atoms with Crippen LogP contribution in [0.2, 0.25) is 0 Å². The fraction of sp³-hybridized carbons (Fsp3) is 0.765. The number of ketones is 4. The summed E-state index contributed by atoms with van der Waals surface area (Å²) >= 11 is 0. The predicted octanol–water partition coefficient (Wildman–Crippen LogP) is 3.16. The average Bonchev–Trinajstić information content (AvgIpc) is 2.34. The minimum absolute atomic E-state index is 0.112. The Hall–Kier alpha value is -1.32. The first kappa shape index (κ1) is 19.7. The maximum Gasteiger partial charge on any atom is 0.205 e. The smallest absolute Gasteiger partial charge is 0.205 e. The van der Waals surface area contributed by atoms with E-state index in [4.69, 9.17) is 0 Å². The topological polar surface area (TPSA) is 68.3 Å². The molecule has 0 heterocycles. The van der Waals surface area contributed by atoms with Crippen molar-refractivity contribution < 1.29 is 19.2 Å². The second-order valence-electron chi connectivity index (χ2n) is 6.49. The van der Waals surface area contributed by atoms with Crippen LogP contribution >= 0.6 is 0 Å². The van der Waals surface area contributed by atoms with Crippen LogP contribution in [0.25, 0.3) is 0 Å². The van der Waals surface area contributed by atoms with Gasteiger partial charge in [-0.05, 0) is 24.7 Å². The van der Waals surface area contributed by atoms with Crippen LogP contribution in [0.3, 0.4) is 0 Å². The van der Waals surface area contributed by atoms with Crippen molar-refractivity contribution in [3.8, 4) is 0 Å². The molecule has 0 N–H and O–H groups in total. The molecule has 0 aliphatic carbocycles. The Labute approximate surface area is 127 Å². The summed E-state index contributed by atoms with van der Waals surface area (Å²) in [6.07, 6.45) is 1.10. The normalized spacial score (nSPS) is 12.5. The van der Waals surface area contributed by atoms with Gasteiger partial charge in [-0.2, -0.15) is 0 Å². The summed E-state index contributed by atoms with van der Waals surface area (Å²) in [4.78, 5) is 47.6. The van der Waals surface area contributed by atoms with Crippen LogP contribution in [-0.2, 0) is 19.2 Å². The van der Waals surface area contributed by atoms with E-state index in [0.717, 1.165) is 0 Å². The van der Waals surface area contributed by atoms with Gasteiger partial charge in [-0.3, -0.25) is 19.2 Å². The maximum absolute atomic E-state index is 12.2. The van der Waals surface area contributed by atoms with E-state index < -0.39 is 29.7 Å². The van der Waals surface area contributed by atoms with Crippen molar-refractivity contribution in [1.29, 1.82) is 0 Å². The minimum atomic E-state index is -0.745. The van der Waals surface area contributed by atoms with Crippen LogP contribution in [0.5, 0.6) is 0 Å². The summed E-state index contributed by atoms with van der Waals surface area (Å²) < 4.78 is 0. The number of hydrogen-bond donors (Lipinski definition) is 0. The lowest BCUT2D eigenvalue weighted by Crippen LogP contribution is -2.30. The molecule has 0 aromatic carbocycles. The van der Waals surface area contributed by atoms with E-state index >= 15 is 0 Å². The minimum Gasteiger partial charge on any atom is -0.299 e. The number of hydrogen-bond acceptors (Lipinski definition) is 4. The lowest BCUT2D eigenvalue weighted by molar-refractivity contribution is -0.141. The Morgan fingerprint density at radius 1 is 0.810 bits per heavy atom. The summed E-state index contributed by atoms with van der Waals surface area (Å²) in [6.45, 7) is 9.52. The fourth-order valence-corrected chi connectivity index (χ4v) is 2.20. The molecule has 0 radical (unpaired) electrons. The van der Waals surface area contributed by atoms with Crippen molar-refractivity contribution in [2.24, 2.45) is 17.8 Å². The molecule has 0 aromatic heterocycles. The van der Waals surface area contributed by atoms with Crippen molar-refractivity contribution in [1.82, 2.24) is 0 Å². The number of rotatable bonds is 11. The van der Waals surface area contributed by atoms with Gasteiger partial charge in [0.15, 0.2) is 11.6 Å². The SMILES string of the molecule is CCCC(=O)C(=O)CC(=O)C(CC(C)C)C(=O)CC(C)C. The van der Waals surface area contributed by atoms with Crippen LogP contribution < -0.4 is 0 Å². The highest BCUT2D eigenvalue weighted by molar-refractivity contribution is 6.40. The molecular formula is C17H28O4. The summed E-state index contributed by atoms with van der Waals surface area (Å²) in [5.41, 5.74) is 0. The van der Waals surface area contributed by atoms with E-state index in [1.54, 1.807) is 6.92 Å². The molecule has 0 rings (SSSR count). The van der Waals surface area contributed by atoms with Crippen molar-refractivity contribution in [2.45, 2.75) is 66.7 Å². The first-order valence-corrected chi connectivity index (χ1v) is 7.80. The van der Waals surface area contributed by atoms with Crippen LogP contribution in [0, 0.1) is 17.8 Å². The van der Waals surface area contributed by atoms with Crippen molar-refractivity contribution >= 4 is 23.1 Å². The van der Waals surface area contributed by atoms with Gasteiger partial charge < -0.3 is 0 Å². The molecule has 0 aliphatic rings. The molecule has 4 nitrogen and oxygen atoms in total. The van der Waals surface area contributed by atoms with Gasteiger partial charge in [0.1, 0.15) is 5.78 Å². The molecule has 4 heteroatoms. The van der Waals surface area contributed by atoms with Crippen LogP contribution in [0.1, 0.15) is 66.7 Å². The van der Waals surface area contributed by atoms with E-state index in [-0.39, 0.29) is 24.0 Å². The molecule has 0 bridgehead atoms. The summed E-state index contributed by atoms with van der Waals surface area (Å²) in [5, 5.41) is 0. The van der Waals surface area contributed by atoms with Crippen LogP contribution in [0.15, 0.2) is 0 Å². The zero-order valence-corrected chi connectivity index (χ0v) is 13.9. The van der Waals surface area contributed by atoms with Crippen LogP contribution in [0.4, 0.5) is 0 Å². The van der Waals surface area contributed by atoms with E-state index in [0.29, 0.717) is 19.3 Å². The van der Waals surface area contributed by atoms with Gasteiger partial charge in [0.05, 0.1) is 12.3 Å². The standard InChI is InChI=1S/C17H28O4/c1-6-7-14(18)17(21)10-16(20)13(8-11(2)3)15(19)9-12(4)5/h11-13H,6-10H2,1-5H3. The highest BCUT2D eigenvalue weighted by Gasteiger charge is 2.30. The van der Waals surface area contributed by atoms with Gasteiger partial charge in [0, 0.05) is 12.8 Å². The summed E-state index contributed by atoms with van der Waals surface area (Å²) in [5.74, 6) is -2.05. The van der Waals surface area contributed by atoms with Crippen molar-refractivity contribution in [3.05, 3.63) is 0 Å². The van der Waals surface area contributed by atoms with Gasteiger partial charge in [0.2, 0.25) is 5.78 Å². The second-order valence-corrected chi connectivity index (χ2v) is 6.49. The Balaban J connectivity index is 4.83. The molecule has 0 fully saturated rings. The van der Waals surface area contributed by atoms with E-state index in [2.05, 4.69) is 0 Å². The molecular weight excluding hydrogens is 268 g/mol. The molecule has 0 amide bonds. The molecule has 0 aromatic rings. The zero-order chi connectivity index (χ0) is 16.6. The van der Waals surface area contributed by atoms with Crippen molar-refractivity contribution in [3.63, 3.8) is 0 Å². The van der Waals surface area contributed by atoms with Gasteiger partial charge in [-0.1, -0.05) is 34.6 Å². The van der Waals surface area contributed by atoms with E-state index in [1.165, 1.54) is 0 Å². The largest absolute Gasteiger partial charge is 0.299 e. The molecule has 0 aliphatic heterocycles. The number of carbonyl (C=O) groups is 4. The van der Waals surface area contributed by atoms with Gasteiger partial charge in [-0.25, -0.2) is 0 Å². The third kappa shape index (κ3) is 7.88. The molecule has 1 atom stereocenters. The summed E-state index contributed by atoms with van der Waals surface area (Å²) in [7, 11) is 0. The molecule has 0 saturated heterocycles. The highest BCUT2D eigenvalue weighted by Crippen LogP contribution is 2.19. The Morgan fingerprint density at radius 2 is 1.38 bits per heavy atom. The number of Topliss-reactive ketones (excluding diaryl/α,β-unsaturated/α-hetero) is 4. The zero-order valence-electron chi connectivity index (χ0n) is 13.9. The summed E-state index contributed by atoms with van der Waals surface area (Å²) in [6, 6.07) is 0. The molecule has 0 saturated carbocycles. The quantitative estimate of drug-likeness (QED) is 0.434. The molecule has 1 unspecified atom stereocenters. The Kier molecular flexibility index (Phi) is 8.98. The highest BCUT2D eigenvalue weighted by atomic mass is 16.2. The first-order chi connectivity index (χ1) is 9.68. The Bertz CT molecular complexity index is 394. The van der Waals surface area contributed by atoms with Crippen LogP contribution in [-0.4, -0.2) is 23.1 Å². The average molecular weight is 296 g/mol. The lowest BCUT2D eigenvalue weighted by atomic mass is 9.84. The van der Waals surface area contributed by atoms with Gasteiger partial charge in [0.25, 0.3) is 0 Å². The molecule has 120 valence electrons. The first-order valence-electron chi connectivity index (χ1n) is 7.80. The van der Waals surface area contributed by atoms with Gasteiger partial charge >= 0.3 is 0 Å². The lowest BCUT2D eigenvalue weighted by Gasteiger charge is -2.17.